The van der Waals surface area contributed by atoms with Crippen molar-refractivity contribution in [1.82, 2.24) is 0 Å². The molecule has 1 radical (unpaired) electrons. The average Bonchev–Trinajstić information content (AvgIpc) is 2.34. The summed E-state index contributed by atoms with van der Waals surface area (Å²) in [6.07, 6.45) is 0.925. The number of benzene rings is 2. The van der Waals surface area contributed by atoms with Crippen LogP contribution in [0.4, 0.5) is 0 Å². The molecule has 1 nitrogen and oxygen atoms in total. The summed E-state index contributed by atoms with van der Waals surface area (Å²) in [5.74, 6) is 0.935. The van der Waals surface area contributed by atoms with Gasteiger partial charge in [-0.3, -0.25) is 0 Å². The van der Waals surface area contributed by atoms with E-state index in [1.165, 1.54) is 11.1 Å². The first kappa shape index (κ1) is 17.8. The molecule has 0 aliphatic heterocycles. The van der Waals surface area contributed by atoms with Crippen LogP contribution in [0, 0.1) is 13.8 Å². The van der Waals surface area contributed by atoms with E-state index in [1.807, 2.05) is 24.3 Å². The molecular formula is C16H19Cl2O. The summed E-state index contributed by atoms with van der Waals surface area (Å²) in [6, 6.07) is 16.4. The molecular weight excluding hydrogens is 279 g/mol. The van der Waals surface area contributed by atoms with Crippen LogP contribution in [-0.4, -0.2) is 6.61 Å². The van der Waals surface area contributed by atoms with E-state index in [0.29, 0.717) is 6.61 Å². The van der Waals surface area contributed by atoms with Crippen LogP contribution in [0.25, 0.3) is 0 Å². The van der Waals surface area contributed by atoms with Gasteiger partial charge in [0.1, 0.15) is 5.75 Å². The minimum Gasteiger partial charge on any atom is -0.493 e. The summed E-state index contributed by atoms with van der Waals surface area (Å²) < 4.78 is 5.68. The van der Waals surface area contributed by atoms with Gasteiger partial charge in [-0.15, -0.1) is 24.8 Å². The monoisotopic (exact) mass is 297 g/mol. The average molecular weight is 298 g/mol. The molecule has 0 N–H and O–H groups in total. The molecule has 2 aromatic carbocycles. The largest absolute Gasteiger partial charge is 0.493 e. The maximum Gasteiger partial charge on any atom is 0.119 e. The van der Waals surface area contributed by atoms with Crippen LogP contribution in [-0.2, 0) is 6.42 Å². The first-order valence-corrected chi connectivity index (χ1v) is 5.84. The molecule has 0 aliphatic rings. The van der Waals surface area contributed by atoms with E-state index in [2.05, 4.69) is 38.1 Å². The molecule has 2 aromatic rings. The van der Waals surface area contributed by atoms with Gasteiger partial charge in [-0.1, -0.05) is 42.0 Å². The van der Waals surface area contributed by atoms with Crippen LogP contribution < -0.4 is 4.74 Å². The Hall–Kier alpha value is -1.18. The van der Waals surface area contributed by atoms with Crippen LogP contribution in [0.1, 0.15) is 16.7 Å². The predicted molar refractivity (Wildman–Crippen MR) is 85.8 cm³/mol. The van der Waals surface area contributed by atoms with Crippen molar-refractivity contribution in [2.24, 2.45) is 0 Å². The highest BCUT2D eigenvalue weighted by Gasteiger charge is 1.95. The summed E-state index contributed by atoms with van der Waals surface area (Å²) in [4.78, 5) is 0. The number of hydrogen-bond acceptors (Lipinski definition) is 1. The second-order valence-electron chi connectivity index (χ2n) is 4.23. The fraction of sp³-hybridized carbons (Fsp3) is 0.188. The number of rotatable bonds is 4. The van der Waals surface area contributed by atoms with Crippen molar-refractivity contribution in [3.05, 3.63) is 72.1 Å². The normalized spacial score (nSPS) is 9.16. The van der Waals surface area contributed by atoms with Gasteiger partial charge in [0.15, 0.2) is 0 Å². The lowest BCUT2D eigenvalue weighted by Gasteiger charge is -2.06. The summed E-state index contributed by atoms with van der Waals surface area (Å²) in [5, 5.41) is 0. The van der Waals surface area contributed by atoms with Gasteiger partial charge in [0.2, 0.25) is 0 Å². The third-order valence-corrected chi connectivity index (χ3v) is 2.70. The number of aryl methyl sites for hydroxylation is 1. The predicted octanol–water partition coefficient (Wildman–Crippen LogP) is 4.64. The molecule has 0 unspecified atom stereocenters. The molecule has 0 fully saturated rings. The maximum absolute atomic E-state index is 5.68. The lowest BCUT2D eigenvalue weighted by atomic mass is 10.1. The highest BCUT2D eigenvalue weighted by atomic mass is 35.5. The van der Waals surface area contributed by atoms with Crippen molar-refractivity contribution in [3.8, 4) is 5.75 Å². The van der Waals surface area contributed by atoms with E-state index in [0.717, 1.165) is 17.7 Å². The Labute approximate surface area is 127 Å². The van der Waals surface area contributed by atoms with Gasteiger partial charge in [0, 0.05) is 6.42 Å². The van der Waals surface area contributed by atoms with Crippen molar-refractivity contribution in [3.63, 3.8) is 0 Å². The van der Waals surface area contributed by atoms with Gasteiger partial charge >= 0.3 is 0 Å². The quantitative estimate of drug-likeness (QED) is 0.799. The van der Waals surface area contributed by atoms with E-state index in [9.17, 15) is 0 Å². The van der Waals surface area contributed by atoms with E-state index in [1.54, 1.807) is 0 Å². The van der Waals surface area contributed by atoms with Gasteiger partial charge in [-0.25, -0.2) is 0 Å². The van der Waals surface area contributed by atoms with Crippen LogP contribution in [0.2, 0.25) is 0 Å². The molecule has 0 atom stereocenters. The summed E-state index contributed by atoms with van der Waals surface area (Å²) in [6.45, 7) is 6.65. The Morgan fingerprint density at radius 2 is 1.47 bits per heavy atom. The minimum absolute atomic E-state index is 0. The third-order valence-electron chi connectivity index (χ3n) is 2.70. The number of ether oxygens (including phenoxy) is 1. The van der Waals surface area contributed by atoms with Crippen LogP contribution >= 0.6 is 24.8 Å². The number of hydrogen-bond donors (Lipinski definition) is 0. The third kappa shape index (κ3) is 6.00. The minimum atomic E-state index is 0. The zero-order valence-electron chi connectivity index (χ0n) is 11.0. The lowest BCUT2D eigenvalue weighted by Crippen LogP contribution is -2.01. The Morgan fingerprint density at radius 1 is 0.895 bits per heavy atom. The molecule has 0 bridgehead atoms. The standard InChI is InChI=1S/C16H17O.2ClH/c1-13-3-7-15(8-4-13)11-12-17-16-9-5-14(2)6-10-16;;/h3-10H,1,11-12H2,2H3;2*1H. The van der Waals surface area contributed by atoms with E-state index < -0.39 is 0 Å². The second kappa shape index (κ2) is 8.84. The highest BCUT2D eigenvalue weighted by molar-refractivity contribution is 5.85. The number of halogens is 2. The fourth-order valence-electron chi connectivity index (χ4n) is 1.63. The molecule has 0 aromatic heterocycles. The topological polar surface area (TPSA) is 9.23 Å². The first-order chi connectivity index (χ1) is 8.24. The Bertz CT molecular complexity index is 418. The summed E-state index contributed by atoms with van der Waals surface area (Å²) >= 11 is 0. The van der Waals surface area contributed by atoms with Gasteiger partial charge in [-0.2, -0.15) is 0 Å². The molecule has 0 saturated carbocycles. The van der Waals surface area contributed by atoms with Gasteiger partial charge in [-0.05, 0) is 37.1 Å². The summed E-state index contributed by atoms with van der Waals surface area (Å²) in [7, 11) is 0. The molecule has 2 rings (SSSR count). The molecule has 19 heavy (non-hydrogen) atoms. The molecule has 0 spiro atoms. The van der Waals surface area contributed by atoms with E-state index in [-0.39, 0.29) is 24.8 Å². The molecule has 0 aliphatic carbocycles. The molecule has 3 heteroatoms. The van der Waals surface area contributed by atoms with Crippen molar-refractivity contribution in [1.29, 1.82) is 0 Å². The molecule has 103 valence electrons. The lowest BCUT2D eigenvalue weighted by molar-refractivity contribution is 0.322. The van der Waals surface area contributed by atoms with Crippen molar-refractivity contribution >= 4 is 24.8 Å². The van der Waals surface area contributed by atoms with Crippen molar-refractivity contribution in [2.75, 3.05) is 6.61 Å². The Kier molecular flexibility index (Phi) is 8.29. The summed E-state index contributed by atoms with van der Waals surface area (Å²) in [5.41, 5.74) is 3.58. The second-order valence-corrected chi connectivity index (χ2v) is 4.23. The smallest absolute Gasteiger partial charge is 0.119 e. The van der Waals surface area contributed by atoms with Gasteiger partial charge in [0.25, 0.3) is 0 Å². The fourth-order valence-corrected chi connectivity index (χ4v) is 1.63. The zero-order valence-corrected chi connectivity index (χ0v) is 12.6. The van der Waals surface area contributed by atoms with Gasteiger partial charge in [0.05, 0.1) is 6.61 Å². The zero-order chi connectivity index (χ0) is 12.1. The van der Waals surface area contributed by atoms with Crippen LogP contribution in [0.15, 0.2) is 48.5 Å². The molecule has 0 amide bonds. The SMILES string of the molecule is Cl.Cl.[CH2]c1ccc(CCOc2ccc(C)cc2)cc1. The first-order valence-electron chi connectivity index (χ1n) is 5.84. The van der Waals surface area contributed by atoms with E-state index >= 15 is 0 Å². The molecule has 0 saturated heterocycles. The van der Waals surface area contributed by atoms with Crippen molar-refractivity contribution < 1.29 is 4.74 Å². The molecule has 0 heterocycles. The van der Waals surface area contributed by atoms with E-state index in [4.69, 9.17) is 4.74 Å². The van der Waals surface area contributed by atoms with Crippen LogP contribution in [0.3, 0.4) is 0 Å². The Morgan fingerprint density at radius 3 is 2.05 bits per heavy atom. The van der Waals surface area contributed by atoms with Crippen LogP contribution in [0.5, 0.6) is 5.75 Å². The maximum atomic E-state index is 5.68. The van der Waals surface area contributed by atoms with Gasteiger partial charge < -0.3 is 4.74 Å². The Balaban J connectivity index is 0.00000162. The highest BCUT2D eigenvalue weighted by Crippen LogP contribution is 2.12. The van der Waals surface area contributed by atoms with Crippen molar-refractivity contribution in [2.45, 2.75) is 13.3 Å².